The molecule has 7 nitrogen and oxygen atoms in total. The highest BCUT2D eigenvalue weighted by Gasteiger charge is 2.13. The molecule has 0 saturated heterocycles. The van der Waals surface area contributed by atoms with Gasteiger partial charge in [0.05, 0.1) is 12.8 Å². The van der Waals surface area contributed by atoms with E-state index in [1.165, 1.54) is 18.4 Å². The highest BCUT2D eigenvalue weighted by atomic mass is 32.2. The molecule has 1 rings (SSSR count). The number of nitrogens with one attached hydrogen (secondary N) is 2. The third-order valence-electron chi connectivity index (χ3n) is 2.50. The highest BCUT2D eigenvalue weighted by Crippen LogP contribution is 2.18. The number of ether oxygens (including phenoxy) is 1. The highest BCUT2D eigenvalue weighted by molar-refractivity contribution is 7.91. The first-order chi connectivity index (χ1) is 9.82. The summed E-state index contributed by atoms with van der Waals surface area (Å²) in [5.41, 5.74) is 0.755. The van der Waals surface area contributed by atoms with Crippen LogP contribution in [0.1, 0.15) is 32.4 Å². The van der Waals surface area contributed by atoms with Crippen molar-refractivity contribution < 1.29 is 17.9 Å². The van der Waals surface area contributed by atoms with Crippen LogP contribution in [0.5, 0.6) is 0 Å². The molecule has 0 saturated carbocycles. The molecule has 0 unspecified atom stereocenters. The number of hydrogen-bond acceptors (Lipinski definition) is 6. The zero-order chi connectivity index (χ0) is 15.9. The Balaban J connectivity index is 2.46. The van der Waals surface area contributed by atoms with Gasteiger partial charge in [0.2, 0.25) is 0 Å². The van der Waals surface area contributed by atoms with Gasteiger partial charge in [-0.25, -0.2) is 9.71 Å². The zero-order valence-electron chi connectivity index (χ0n) is 12.4. The molecule has 120 valence electrons. The molecule has 9 heteroatoms. The van der Waals surface area contributed by atoms with Crippen LogP contribution in [0.3, 0.4) is 0 Å². The van der Waals surface area contributed by atoms with Crippen molar-refractivity contribution in [3.05, 3.63) is 11.1 Å². The fourth-order valence-corrected chi connectivity index (χ4v) is 3.42. The Kier molecular flexibility index (Phi) is 7.06. The number of aryl methyl sites for hydroxylation is 1. The molecule has 0 amide bonds. The van der Waals surface area contributed by atoms with E-state index < -0.39 is 10.2 Å². The van der Waals surface area contributed by atoms with E-state index in [0.29, 0.717) is 30.9 Å². The van der Waals surface area contributed by atoms with Crippen LogP contribution in [-0.4, -0.2) is 33.0 Å². The number of methoxy groups -OCH3 is 1. The summed E-state index contributed by atoms with van der Waals surface area (Å²) in [7, 11) is -2.23. The fourth-order valence-electron chi connectivity index (χ4n) is 1.41. The number of hydrogen-bond donors (Lipinski definition) is 2. The Bertz CT molecular complexity index is 555. The number of anilines is 1. The number of nitrogens with zero attached hydrogens (tertiary/aromatic N) is 1. The minimum Gasteiger partial charge on any atom is -0.469 e. The molecule has 0 aliphatic heterocycles. The van der Waals surface area contributed by atoms with Gasteiger partial charge in [-0.15, -0.1) is 11.3 Å². The van der Waals surface area contributed by atoms with E-state index in [0.717, 1.165) is 5.69 Å². The predicted octanol–water partition coefficient (Wildman–Crippen LogP) is 1.54. The van der Waals surface area contributed by atoms with Crippen molar-refractivity contribution in [3.63, 3.8) is 0 Å². The standard InChI is InChI=1S/C12H21N3O4S2/c1-9(2)7-13-21(17,18)15-12-14-10(8-20-12)5-4-6-11(16)19-3/h8-9,13H,4-7H2,1-3H3,(H,14,15). The molecule has 1 aromatic heterocycles. The molecule has 0 aliphatic carbocycles. The van der Waals surface area contributed by atoms with Crippen molar-refractivity contribution in [2.45, 2.75) is 33.1 Å². The first-order valence-electron chi connectivity index (χ1n) is 6.61. The summed E-state index contributed by atoms with van der Waals surface area (Å²) in [6.07, 6.45) is 1.55. The molecular formula is C12H21N3O4S2. The van der Waals surface area contributed by atoms with E-state index in [2.05, 4.69) is 19.2 Å². The van der Waals surface area contributed by atoms with E-state index in [1.54, 1.807) is 5.38 Å². The Morgan fingerprint density at radius 2 is 2.19 bits per heavy atom. The molecule has 2 N–H and O–H groups in total. The van der Waals surface area contributed by atoms with Gasteiger partial charge < -0.3 is 4.74 Å². The second kappa shape index (κ2) is 8.30. The third kappa shape index (κ3) is 7.39. The van der Waals surface area contributed by atoms with E-state index in [1.807, 2.05) is 13.8 Å². The summed E-state index contributed by atoms with van der Waals surface area (Å²) in [6.45, 7) is 4.21. The lowest BCUT2D eigenvalue weighted by molar-refractivity contribution is -0.140. The maximum atomic E-state index is 11.7. The van der Waals surface area contributed by atoms with Gasteiger partial charge in [-0.1, -0.05) is 13.8 Å². The Labute approximate surface area is 129 Å². The average Bonchev–Trinajstić information content (AvgIpc) is 2.83. The summed E-state index contributed by atoms with van der Waals surface area (Å²) in [6, 6.07) is 0. The van der Waals surface area contributed by atoms with Crippen LogP contribution in [0.4, 0.5) is 5.13 Å². The molecule has 0 aromatic carbocycles. The molecule has 0 radical (unpaired) electrons. The lowest BCUT2D eigenvalue weighted by Gasteiger charge is -2.08. The van der Waals surface area contributed by atoms with Crippen LogP contribution < -0.4 is 9.44 Å². The predicted molar refractivity (Wildman–Crippen MR) is 82.5 cm³/mol. The summed E-state index contributed by atoms with van der Waals surface area (Å²) >= 11 is 1.22. The first kappa shape index (κ1) is 17.9. The average molecular weight is 335 g/mol. The lowest BCUT2D eigenvalue weighted by atomic mass is 10.2. The number of thiazole rings is 1. The van der Waals surface area contributed by atoms with Gasteiger partial charge in [-0.3, -0.25) is 4.79 Å². The number of esters is 1. The van der Waals surface area contributed by atoms with Gasteiger partial charge in [0.25, 0.3) is 0 Å². The molecule has 1 aromatic rings. The van der Waals surface area contributed by atoms with Crippen molar-refractivity contribution in [1.82, 2.24) is 9.71 Å². The van der Waals surface area contributed by atoms with Crippen LogP contribution in [0, 0.1) is 5.92 Å². The quantitative estimate of drug-likeness (QED) is 0.667. The third-order valence-corrected chi connectivity index (χ3v) is 4.44. The van der Waals surface area contributed by atoms with Gasteiger partial charge in [0.1, 0.15) is 0 Å². The van der Waals surface area contributed by atoms with Gasteiger partial charge in [-0.2, -0.15) is 13.1 Å². The lowest BCUT2D eigenvalue weighted by Crippen LogP contribution is -2.32. The van der Waals surface area contributed by atoms with Gasteiger partial charge >= 0.3 is 16.2 Å². The molecule has 21 heavy (non-hydrogen) atoms. The molecular weight excluding hydrogens is 314 g/mol. The Morgan fingerprint density at radius 3 is 2.81 bits per heavy atom. The second-order valence-corrected chi connectivity index (χ2v) is 7.28. The van der Waals surface area contributed by atoms with Crippen LogP contribution in [0.15, 0.2) is 5.38 Å². The number of rotatable bonds is 9. The van der Waals surface area contributed by atoms with E-state index >= 15 is 0 Å². The van der Waals surface area contributed by atoms with E-state index in [-0.39, 0.29) is 11.9 Å². The van der Waals surface area contributed by atoms with Crippen molar-refractivity contribution >= 4 is 32.6 Å². The normalized spacial score (nSPS) is 11.6. The molecule has 0 aliphatic rings. The molecule has 0 bridgehead atoms. The maximum absolute atomic E-state index is 11.7. The van der Waals surface area contributed by atoms with E-state index in [4.69, 9.17) is 0 Å². The first-order valence-corrected chi connectivity index (χ1v) is 8.97. The summed E-state index contributed by atoms with van der Waals surface area (Å²) in [5, 5.41) is 2.09. The van der Waals surface area contributed by atoms with Gasteiger partial charge in [-0.05, 0) is 18.8 Å². The van der Waals surface area contributed by atoms with Gasteiger partial charge in [0.15, 0.2) is 5.13 Å². The number of aromatic nitrogens is 1. The van der Waals surface area contributed by atoms with Crippen molar-refractivity contribution in [3.8, 4) is 0 Å². The van der Waals surface area contributed by atoms with Crippen molar-refractivity contribution in [1.29, 1.82) is 0 Å². The van der Waals surface area contributed by atoms with E-state index in [9.17, 15) is 13.2 Å². The topological polar surface area (TPSA) is 97.4 Å². The number of carbonyl (C=O) groups is 1. The smallest absolute Gasteiger partial charge is 0.305 e. The van der Waals surface area contributed by atoms with Crippen molar-refractivity contribution in [2.24, 2.45) is 5.92 Å². The molecule has 0 spiro atoms. The van der Waals surface area contributed by atoms with Crippen LogP contribution in [-0.2, 0) is 26.2 Å². The minimum absolute atomic E-state index is 0.228. The largest absolute Gasteiger partial charge is 0.469 e. The summed E-state index contributed by atoms with van der Waals surface area (Å²) in [4.78, 5) is 15.2. The molecule has 0 fully saturated rings. The zero-order valence-corrected chi connectivity index (χ0v) is 14.0. The van der Waals surface area contributed by atoms with Crippen molar-refractivity contribution in [2.75, 3.05) is 18.4 Å². The molecule has 1 heterocycles. The SMILES string of the molecule is COC(=O)CCCc1csc(NS(=O)(=O)NCC(C)C)n1. The maximum Gasteiger partial charge on any atom is 0.305 e. The summed E-state index contributed by atoms with van der Waals surface area (Å²) < 4.78 is 32.9. The minimum atomic E-state index is -3.58. The second-order valence-electron chi connectivity index (χ2n) is 4.92. The van der Waals surface area contributed by atoms with Crippen LogP contribution >= 0.6 is 11.3 Å². The molecule has 0 atom stereocenters. The van der Waals surface area contributed by atoms with Crippen LogP contribution in [0.25, 0.3) is 0 Å². The summed E-state index contributed by atoms with van der Waals surface area (Å²) in [5.74, 6) is -0.0317. The van der Waals surface area contributed by atoms with Gasteiger partial charge in [0, 0.05) is 18.3 Å². The number of carbonyl (C=O) groups excluding carboxylic acids is 1. The fraction of sp³-hybridized carbons (Fsp3) is 0.667. The Hall–Kier alpha value is -1.19. The monoisotopic (exact) mass is 335 g/mol. The van der Waals surface area contributed by atoms with Crippen LogP contribution in [0.2, 0.25) is 0 Å². The Morgan fingerprint density at radius 1 is 1.48 bits per heavy atom.